The zero-order valence-electron chi connectivity index (χ0n) is 16.3. The first-order valence-corrected chi connectivity index (χ1v) is 10.0. The predicted octanol–water partition coefficient (Wildman–Crippen LogP) is 2.44. The van der Waals surface area contributed by atoms with Crippen molar-refractivity contribution in [3.05, 3.63) is 36.0 Å². The number of aliphatic imine (C=N–C) groups is 1. The molecule has 0 bridgehead atoms. The lowest BCUT2D eigenvalue weighted by atomic mass is 9.84. The van der Waals surface area contributed by atoms with Gasteiger partial charge in [0.15, 0.2) is 5.96 Å². The van der Waals surface area contributed by atoms with Crippen LogP contribution in [0.4, 0.5) is 0 Å². The average Bonchev–Trinajstić information content (AvgIpc) is 3.31. The molecule has 1 aliphatic heterocycles. The second kappa shape index (κ2) is 9.76. The summed E-state index contributed by atoms with van der Waals surface area (Å²) in [4.78, 5) is 8.10. The maximum atomic E-state index is 9.36. The van der Waals surface area contributed by atoms with Gasteiger partial charge in [-0.25, -0.2) is 0 Å². The molecule has 1 saturated heterocycles. The minimum atomic E-state index is -0.0128. The van der Waals surface area contributed by atoms with Gasteiger partial charge in [0.1, 0.15) is 0 Å². The summed E-state index contributed by atoms with van der Waals surface area (Å²) >= 11 is 0. The molecule has 0 amide bonds. The number of aliphatic hydroxyl groups excluding tert-OH is 1. The Bertz CT molecular complexity index is 735. The number of aryl methyl sites for hydroxylation is 1. The summed E-state index contributed by atoms with van der Waals surface area (Å²) in [6, 6.07) is 8.43. The highest BCUT2D eigenvalue weighted by Crippen LogP contribution is 2.32. The molecule has 1 aliphatic rings. The molecule has 6 nitrogen and oxygen atoms in total. The van der Waals surface area contributed by atoms with Gasteiger partial charge in [0.2, 0.25) is 0 Å². The van der Waals surface area contributed by atoms with Crippen molar-refractivity contribution in [2.75, 3.05) is 39.5 Å². The molecule has 1 unspecified atom stereocenters. The van der Waals surface area contributed by atoms with E-state index in [1.807, 2.05) is 0 Å². The first-order valence-electron chi connectivity index (χ1n) is 10.0. The van der Waals surface area contributed by atoms with Crippen LogP contribution in [-0.2, 0) is 11.2 Å². The topological polar surface area (TPSA) is 81.7 Å². The van der Waals surface area contributed by atoms with Crippen LogP contribution < -0.4 is 10.6 Å². The standard InChI is InChI=1S/C21H32N4O2/c1-2-22-20(25-15-21(9-12-26)10-13-27-16-21)23-11-5-6-17-14-24-19-8-4-3-7-18(17)19/h3-4,7-8,14,24,26H,2,5-6,9-13,15-16H2,1H3,(H2,22,23,25). The highest BCUT2D eigenvalue weighted by molar-refractivity contribution is 5.83. The van der Waals surface area contributed by atoms with Gasteiger partial charge in [-0.2, -0.15) is 0 Å². The van der Waals surface area contributed by atoms with E-state index in [4.69, 9.17) is 9.73 Å². The van der Waals surface area contributed by atoms with Crippen LogP contribution in [0.15, 0.2) is 35.5 Å². The highest BCUT2D eigenvalue weighted by atomic mass is 16.5. The number of nitrogens with zero attached hydrogens (tertiary/aromatic N) is 1. The molecule has 1 fully saturated rings. The third-order valence-electron chi connectivity index (χ3n) is 5.33. The number of aliphatic hydroxyl groups is 1. The lowest BCUT2D eigenvalue weighted by molar-refractivity contribution is 0.131. The number of fused-ring (bicyclic) bond motifs is 1. The van der Waals surface area contributed by atoms with Crippen LogP contribution in [0.3, 0.4) is 0 Å². The van der Waals surface area contributed by atoms with E-state index in [1.54, 1.807) is 0 Å². The number of H-pyrrole nitrogens is 1. The average molecular weight is 373 g/mol. The Morgan fingerprint density at radius 1 is 1.33 bits per heavy atom. The largest absolute Gasteiger partial charge is 0.396 e. The van der Waals surface area contributed by atoms with Gasteiger partial charge >= 0.3 is 0 Å². The summed E-state index contributed by atoms with van der Waals surface area (Å²) < 4.78 is 5.56. The second-order valence-corrected chi connectivity index (χ2v) is 7.36. The molecule has 1 atom stereocenters. The molecular weight excluding hydrogens is 340 g/mol. The number of hydrogen-bond acceptors (Lipinski definition) is 3. The van der Waals surface area contributed by atoms with Crippen molar-refractivity contribution in [1.82, 2.24) is 15.6 Å². The van der Waals surface area contributed by atoms with Gasteiger partial charge in [-0.1, -0.05) is 18.2 Å². The summed E-state index contributed by atoms with van der Waals surface area (Å²) in [5.41, 5.74) is 2.55. The second-order valence-electron chi connectivity index (χ2n) is 7.36. The number of guanidine groups is 1. The molecule has 0 saturated carbocycles. The summed E-state index contributed by atoms with van der Waals surface area (Å²) in [6.07, 6.45) is 5.89. The van der Waals surface area contributed by atoms with Crippen molar-refractivity contribution in [2.24, 2.45) is 10.4 Å². The third-order valence-corrected chi connectivity index (χ3v) is 5.33. The molecule has 4 N–H and O–H groups in total. The third kappa shape index (κ3) is 5.23. The van der Waals surface area contributed by atoms with E-state index in [0.717, 1.165) is 51.3 Å². The van der Waals surface area contributed by atoms with Crippen molar-refractivity contribution in [3.63, 3.8) is 0 Å². The first-order chi connectivity index (χ1) is 13.3. The van der Waals surface area contributed by atoms with E-state index >= 15 is 0 Å². The normalized spacial score (nSPS) is 20.3. The number of aromatic nitrogens is 1. The van der Waals surface area contributed by atoms with Crippen molar-refractivity contribution < 1.29 is 9.84 Å². The lowest BCUT2D eigenvalue weighted by Crippen LogP contribution is -2.39. The molecule has 3 rings (SSSR count). The van der Waals surface area contributed by atoms with Crippen LogP contribution in [0.2, 0.25) is 0 Å². The van der Waals surface area contributed by atoms with E-state index in [2.05, 4.69) is 53.0 Å². The first kappa shape index (κ1) is 19.7. The summed E-state index contributed by atoms with van der Waals surface area (Å²) in [5.74, 6) is 0.848. The highest BCUT2D eigenvalue weighted by Gasteiger charge is 2.34. The quantitative estimate of drug-likeness (QED) is 0.310. The molecule has 1 aromatic heterocycles. The SMILES string of the molecule is CCNC(=NCC1(CCO)CCOC1)NCCCc1c[nH]c2ccccc12. The van der Waals surface area contributed by atoms with Crippen LogP contribution >= 0.6 is 0 Å². The number of aromatic amines is 1. The Hall–Kier alpha value is -2.05. The van der Waals surface area contributed by atoms with E-state index in [0.29, 0.717) is 13.2 Å². The minimum absolute atomic E-state index is 0.0128. The van der Waals surface area contributed by atoms with Crippen molar-refractivity contribution in [1.29, 1.82) is 0 Å². The monoisotopic (exact) mass is 372 g/mol. The van der Waals surface area contributed by atoms with Gasteiger partial charge in [-0.05, 0) is 44.2 Å². The van der Waals surface area contributed by atoms with Gasteiger partial charge in [-0.15, -0.1) is 0 Å². The number of ether oxygens (including phenoxy) is 1. The summed E-state index contributed by atoms with van der Waals surface area (Å²) in [7, 11) is 0. The van der Waals surface area contributed by atoms with Crippen molar-refractivity contribution in [2.45, 2.75) is 32.6 Å². The molecule has 2 heterocycles. The summed E-state index contributed by atoms with van der Waals surface area (Å²) in [5, 5.41) is 17.4. The Kier molecular flexibility index (Phi) is 7.12. The van der Waals surface area contributed by atoms with Gasteiger partial charge in [0.05, 0.1) is 13.2 Å². The molecule has 0 spiro atoms. The van der Waals surface area contributed by atoms with Crippen molar-refractivity contribution in [3.8, 4) is 0 Å². The van der Waals surface area contributed by atoms with Gasteiger partial charge < -0.3 is 25.5 Å². The number of hydrogen-bond donors (Lipinski definition) is 4. The number of para-hydroxylation sites is 1. The van der Waals surface area contributed by atoms with Gasteiger partial charge in [0.25, 0.3) is 0 Å². The molecule has 27 heavy (non-hydrogen) atoms. The van der Waals surface area contributed by atoms with Crippen LogP contribution in [0, 0.1) is 5.41 Å². The molecule has 6 heteroatoms. The predicted molar refractivity (Wildman–Crippen MR) is 110 cm³/mol. The minimum Gasteiger partial charge on any atom is -0.396 e. The van der Waals surface area contributed by atoms with Gasteiger partial charge in [-0.3, -0.25) is 4.99 Å². The van der Waals surface area contributed by atoms with Crippen LogP contribution in [0.1, 0.15) is 31.7 Å². The zero-order chi connectivity index (χ0) is 19.0. The Morgan fingerprint density at radius 3 is 3.00 bits per heavy atom. The van der Waals surface area contributed by atoms with Crippen LogP contribution in [0.5, 0.6) is 0 Å². The fourth-order valence-corrected chi connectivity index (χ4v) is 3.70. The molecule has 2 aromatic rings. The number of nitrogens with one attached hydrogen (secondary N) is 3. The molecule has 1 aromatic carbocycles. The molecule has 0 aliphatic carbocycles. The number of benzene rings is 1. The Morgan fingerprint density at radius 2 is 2.22 bits per heavy atom. The van der Waals surface area contributed by atoms with Gasteiger partial charge in [0, 0.05) is 48.8 Å². The number of rotatable bonds is 9. The zero-order valence-corrected chi connectivity index (χ0v) is 16.3. The van der Waals surface area contributed by atoms with E-state index in [1.165, 1.54) is 16.5 Å². The maximum Gasteiger partial charge on any atom is 0.191 e. The molecule has 0 radical (unpaired) electrons. The lowest BCUT2D eigenvalue weighted by Gasteiger charge is -2.24. The Labute approximate surface area is 161 Å². The van der Waals surface area contributed by atoms with Crippen LogP contribution in [-0.4, -0.2) is 55.5 Å². The molecular formula is C21H32N4O2. The fraction of sp³-hybridized carbons (Fsp3) is 0.571. The molecule has 148 valence electrons. The van der Waals surface area contributed by atoms with E-state index in [9.17, 15) is 5.11 Å². The van der Waals surface area contributed by atoms with Crippen molar-refractivity contribution >= 4 is 16.9 Å². The fourth-order valence-electron chi connectivity index (χ4n) is 3.70. The van der Waals surface area contributed by atoms with E-state index in [-0.39, 0.29) is 12.0 Å². The summed E-state index contributed by atoms with van der Waals surface area (Å²) in [6.45, 7) is 6.11. The smallest absolute Gasteiger partial charge is 0.191 e. The van der Waals surface area contributed by atoms with E-state index < -0.39 is 0 Å². The van der Waals surface area contributed by atoms with Crippen LogP contribution in [0.25, 0.3) is 10.9 Å². The Balaban J connectivity index is 1.50. The maximum absolute atomic E-state index is 9.36.